The molecule has 2 heterocycles. The summed E-state index contributed by atoms with van der Waals surface area (Å²) in [5.74, 6) is 0. The van der Waals surface area contributed by atoms with Crippen LogP contribution in [0.2, 0.25) is 0 Å². The molecule has 0 saturated carbocycles. The lowest BCUT2D eigenvalue weighted by Gasteiger charge is -2.12. The maximum atomic E-state index is 4.63. The average molecular weight is 477 g/mol. The van der Waals surface area contributed by atoms with Gasteiger partial charge in [0.25, 0.3) is 0 Å². The van der Waals surface area contributed by atoms with E-state index in [0.29, 0.717) is 0 Å². The number of rotatable bonds is 11. The maximum Gasteiger partial charge on any atom is 0.107 e. The van der Waals surface area contributed by atoms with E-state index in [9.17, 15) is 0 Å². The Balaban J connectivity index is 1.41. The second kappa shape index (κ2) is 11.7. The molecule has 0 aliphatic rings. The van der Waals surface area contributed by atoms with Crippen LogP contribution in [0.15, 0.2) is 60.9 Å². The molecule has 0 amide bonds. The predicted octanol–water partition coefficient (Wildman–Crippen LogP) is 6.94. The van der Waals surface area contributed by atoms with Gasteiger partial charge in [-0.05, 0) is 55.2 Å². The molecule has 4 nitrogen and oxygen atoms in total. The molecule has 0 unspecified atom stereocenters. The first-order valence-corrected chi connectivity index (χ1v) is 13.3. The van der Waals surface area contributed by atoms with Gasteiger partial charge in [0.15, 0.2) is 0 Å². The predicted molar refractivity (Wildman–Crippen MR) is 143 cm³/mol. The van der Waals surface area contributed by atoms with Crippen LogP contribution in [0.3, 0.4) is 0 Å². The Morgan fingerprint density at radius 2 is 1.24 bits per heavy atom. The van der Waals surface area contributed by atoms with E-state index >= 15 is 0 Å². The van der Waals surface area contributed by atoms with Crippen LogP contribution in [0.25, 0.3) is 32.0 Å². The summed E-state index contributed by atoms with van der Waals surface area (Å²) in [6.45, 7) is 8.28. The molecule has 4 rings (SSSR count). The third kappa shape index (κ3) is 6.36. The van der Waals surface area contributed by atoms with Gasteiger partial charge in [-0.2, -0.15) is 0 Å². The molecule has 33 heavy (non-hydrogen) atoms. The molecule has 0 aliphatic carbocycles. The first-order chi connectivity index (χ1) is 16.2. The van der Waals surface area contributed by atoms with Crippen molar-refractivity contribution in [3.63, 3.8) is 0 Å². The maximum absolute atomic E-state index is 4.63. The third-order valence-electron chi connectivity index (χ3n) is 5.49. The topological polar surface area (TPSA) is 41.1 Å². The zero-order valence-electron chi connectivity index (χ0n) is 19.7. The second-order valence-electron chi connectivity index (χ2n) is 8.31. The van der Waals surface area contributed by atoms with E-state index in [0.717, 1.165) is 37.6 Å². The van der Waals surface area contributed by atoms with Gasteiger partial charge in [0.1, 0.15) is 10.0 Å². The average Bonchev–Trinajstić information content (AvgIpc) is 3.50. The highest BCUT2D eigenvalue weighted by molar-refractivity contribution is 7.15. The van der Waals surface area contributed by atoms with Crippen molar-refractivity contribution >= 4 is 22.7 Å². The van der Waals surface area contributed by atoms with Crippen molar-refractivity contribution in [2.45, 2.75) is 39.8 Å². The Kier molecular flexibility index (Phi) is 8.40. The molecular formula is C27H32N4S2. The van der Waals surface area contributed by atoms with E-state index in [-0.39, 0.29) is 0 Å². The van der Waals surface area contributed by atoms with E-state index in [1.165, 1.54) is 43.4 Å². The lowest BCUT2D eigenvalue weighted by molar-refractivity contribution is 0.327. The third-order valence-corrected chi connectivity index (χ3v) is 7.57. The van der Waals surface area contributed by atoms with Gasteiger partial charge in [-0.15, -0.1) is 22.7 Å². The zero-order chi connectivity index (χ0) is 23.0. The number of thiazole rings is 2. The molecular weight excluding hydrogens is 444 g/mol. The molecule has 0 saturated heterocycles. The van der Waals surface area contributed by atoms with Gasteiger partial charge in [-0.1, -0.05) is 62.4 Å². The fourth-order valence-corrected chi connectivity index (χ4v) is 5.66. The van der Waals surface area contributed by atoms with Crippen LogP contribution in [-0.4, -0.2) is 35.0 Å². The minimum Gasteiger partial charge on any atom is -0.310 e. The smallest absolute Gasteiger partial charge is 0.107 e. The van der Waals surface area contributed by atoms with Gasteiger partial charge >= 0.3 is 0 Å². The molecule has 172 valence electrons. The quantitative estimate of drug-likeness (QED) is 0.238. The van der Waals surface area contributed by atoms with Gasteiger partial charge in [-0.25, -0.2) is 9.97 Å². The van der Waals surface area contributed by atoms with E-state index in [1.807, 2.05) is 12.4 Å². The highest BCUT2D eigenvalue weighted by atomic mass is 32.1. The number of hydrogen-bond donors (Lipinski definition) is 1. The molecule has 0 fully saturated rings. The van der Waals surface area contributed by atoms with Crippen molar-refractivity contribution in [1.82, 2.24) is 20.2 Å². The SMILES string of the molecule is CCCNCc1ncc(-c2ccc(-c3ccc(-c4cnc(CN(C)CCC)s4)cc3)cc2)s1. The molecule has 6 heteroatoms. The molecule has 0 aliphatic heterocycles. The minimum absolute atomic E-state index is 0.847. The standard InChI is InChI=1S/C27H32N4S2/c1-4-14-28-18-26-29-16-24(32-26)22-10-6-20(7-11-22)21-8-12-23(13-9-21)25-17-30-27(33-25)19-31(3)15-5-2/h6-13,16-17,28H,4-5,14-15,18-19H2,1-3H3. The summed E-state index contributed by atoms with van der Waals surface area (Å²) >= 11 is 3.55. The summed E-state index contributed by atoms with van der Waals surface area (Å²) in [6.07, 6.45) is 6.30. The first-order valence-electron chi connectivity index (χ1n) is 11.7. The lowest BCUT2D eigenvalue weighted by atomic mass is 10.0. The summed E-state index contributed by atoms with van der Waals surface area (Å²) in [6, 6.07) is 17.6. The first kappa shape index (κ1) is 23.8. The van der Waals surface area contributed by atoms with E-state index in [4.69, 9.17) is 0 Å². The van der Waals surface area contributed by atoms with Crippen LogP contribution in [0.5, 0.6) is 0 Å². The summed E-state index contributed by atoms with van der Waals surface area (Å²) in [5.41, 5.74) is 4.91. The van der Waals surface area contributed by atoms with Crippen molar-refractivity contribution in [3.8, 4) is 32.0 Å². The highest BCUT2D eigenvalue weighted by Crippen LogP contribution is 2.31. The molecule has 1 N–H and O–H groups in total. The second-order valence-corrected chi connectivity index (χ2v) is 10.5. The molecule has 0 spiro atoms. The molecule has 2 aromatic carbocycles. The van der Waals surface area contributed by atoms with E-state index < -0.39 is 0 Å². The number of nitrogens with zero attached hydrogens (tertiary/aromatic N) is 3. The summed E-state index contributed by atoms with van der Waals surface area (Å²) < 4.78 is 0. The normalized spacial score (nSPS) is 11.4. The number of benzene rings is 2. The van der Waals surface area contributed by atoms with Crippen molar-refractivity contribution < 1.29 is 0 Å². The van der Waals surface area contributed by atoms with Crippen LogP contribution in [-0.2, 0) is 13.1 Å². The van der Waals surface area contributed by atoms with Gasteiger partial charge in [-0.3, -0.25) is 4.90 Å². The Hall–Kier alpha value is -2.38. The number of aromatic nitrogens is 2. The Bertz CT molecular complexity index is 1130. The molecule has 4 aromatic rings. The number of nitrogens with one attached hydrogen (secondary N) is 1. The fraction of sp³-hybridized carbons (Fsp3) is 0.333. The highest BCUT2D eigenvalue weighted by Gasteiger charge is 2.08. The molecule has 0 radical (unpaired) electrons. The number of hydrogen-bond acceptors (Lipinski definition) is 6. The summed E-state index contributed by atoms with van der Waals surface area (Å²) in [4.78, 5) is 14.0. The van der Waals surface area contributed by atoms with Crippen LogP contribution in [0.4, 0.5) is 0 Å². The van der Waals surface area contributed by atoms with Crippen molar-refractivity contribution in [1.29, 1.82) is 0 Å². The van der Waals surface area contributed by atoms with Crippen molar-refractivity contribution in [2.75, 3.05) is 20.1 Å². The van der Waals surface area contributed by atoms with E-state index in [2.05, 4.69) is 89.6 Å². The Morgan fingerprint density at radius 3 is 1.79 bits per heavy atom. The molecule has 2 aromatic heterocycles. The Morgan fingerprint density at radius 1 is 0.727 bits per heavy atom. The fourth-order valence-electron chi connectivity index (χ4n) is 3.76. The van der Waals surface area contributed by atoms with Gasteiger partial charge in [0.2, 0.25) is 0 Å². The van der Waals surface area contributed by atoms with Crippen molar-refractivity contribution in [2.24, 2.45) is 0 Å². The zero-order valence-corrected chi connectivity index (χ0v) is 21.3. The van der Waals surface area contributed by atoms with Gasteiger partial charge in [0.05, 0.1) is 16.3 Å². The van der Waals surface area contributed by atoms with Gasteiger partial charge < -0.3 is 5.32 Å². The summed E-state index contributed by atoms with van der Waals surface area (Å²) in [7, 11) is 2.16. The van der Waals surface area contributed by atoms with Gasteiger partial charge in [0, 0.05) is 18.9 Å². The summed E-state index contributed by atoms with van der Waals surface area (Å²) in [5, 5.41) is 5.73. The van der Waals surface area contributed by atoms with Crippen LogP contribution in [0, 0.1) is 0 Å². The largest absolute Gasteiger partial charge is 0.310 e. The van der Waals surface area contributed by atoms with Crippen molar-refractivity contribution in [3.05, 3.63) is 70.9 Å². The molecule has 0 bridgehead atoms. The van der Waals surface area contributed by atoms with Crippen LogP contribution in [0.1, 0.15) is 36.7 Å². The minimum atomic E-state index is 0.847. The molecule has 0 atom stereocenters. The van der Waals surface area contributed by atoms with E-state index in [1.54, 1.807) is 22.7 Å². The monoisotopic (exact) mass is 476 g/mol. The van der Waals surface area contributed by atoms with Crippen LogP contribution >= 0.6 is 22.7 Å². The van der Waals surface area contributed by atoms with Crippen LogP contribution < -0.4 is 5.32 Å². The Labute approximate surface area is 205 Å². The lowest BCUT2D eigenvalue weighted by Crippen LogP contribution is -2.18.